The van der Waals surface area contributed by atoms with Crippen molar-refractivity contribution in [2.24, 2.45) is 0 Å². The van der Waals surface area contributed by atoms with Crippen LogP contribution in [0.25, 0.3) is 5.69 Å². The number of aromatic nitrogens is 2. The summed E-state index contributed by atoms with van der Waals surface area (Å²) in [6.07, 6.45) is 4.40. The van der Waals surface area contributed by atoms with E-state index in [4.69, 9.17) is 5.10 Å². The molecule has 1 aliphatic carbocycles. The van der Waals surface area contributed by atoms with E-state index in [0.29, 0.717) is 18.7 Å². The number of amides is 2. The summed E-state index contributed by atoms with van der Waals surface area (Å²) in [5.74, 6) is 0.0186. The zero-order valence-corrected chi connectivity index (χ0v) is 17.7. The van der Waals surface area contributed by atoms with Crippen LogP contribution in [0, 0.1) is 6.92 Å². The Morgan fingerprint density at radius 3 is 2.68 bits per heavy atom. The first kappa shape index (κ1) is 19.5. The van der Waals surface area contributed by atoms with E-state index in [0.717, 1.165) is 60.4 Å². The molecule has 0 unspecified atom stereocenters. The monoisotopic (exact) mass is 414 g/mol. The van der Waals surface area contributed by atoms with Crippen LogP contribution < -0.4 is 5.32 Å². The second-order valence-corrected chi connectivity index (χ2v) is 8.45. The zero-order chi connectivity index (χ0) is 21.4. The van der Waals surface area contributed by atoms with Crippen molar-refractivity contribution in [3.8, 4) is 5.69 Å². The number of fused-ring (bicyclic) bond motifs is 1. The second kappa shape index (κ2) is 8.02. The number of nitrogens with one attached hydrogen (secondary N) is 1. The first-order valence-electron chi connectivity index (χ1n) is 10.9. The Bertz CT molecular complexity index is 1150. The average molecular weight is 415 g/mol. The van der Waals surface area contributed by atoms with Gasteiger partial charge in [0.2, 0.25) is 5.91 Å². The molecule has 2 aliphatic rings. The molecular weight excluding hydrogens is 388 g/mol. The van der Waals surface area contributed by atoms with Crippen LogP contribution in [0.4, 0.5) is 5.69 Å². The Morgan fingerprint density at radius 2 is 1.90 bits per heavy atom. The molecule has 2 amide bonds. The lowest BCUT2D eigenvalue weighted by molar-refractivity contribution is -0.128. The van der Waals surface area contributed by atoms with E-state index >= 15 is 0 Å². The van der Waals surface area contributed by atoms with E-state index in [1.54, 1.807) is 0 Å². The molecule has 0 spiro atoms. The molecule has 31 heavy (non-hydrogen) atoms. The van der Waals surface area contributed by atoms with Crippen LogP contribution >= 0.6 is 0 Å². The van der Waals surface area contributed by atoms with Gasteiger partial charge in [-0.25, -0.2) is 4.68 Å². The van der Waals surface area contributed by atoms with Gasteiger partial charge in [-0.15, -0.1) is 0 Å². The van der Waals surface area contributed by atoms with Crippen molar-refractivity contribution in [2.75, 3.05) is 11.9 Å². The first-order chi connectivity index (χ1) is 15.1. The van der Waals surface area contributed by atoms with Gasteiger partial charge in [-0.1, -0.05) is 29.8 Å². The van der Waals surface area contributed by atoms with Crippen molar-refractivity contribution in [3.63, 3.8) is 0 Å². The van der Waals surface area contributed by atoms with Crippen LogP contribution in [0.2, 0.25) is 0 Å². The zero-order valence-electron chi connectivity index (χ0n) is 17.7. The number of nitrogens with zero attached hydrogens (tertiary/aromatic N) is 3. The van der Waals surface area contributed by atoms with Crippen molar-refractivity contribution in [3.05, 3.63) is 76.6 Å². The lowest BCUT2D eigenvalue weighted by Crippen LogP contribution is -2.23. The molecule has 1 aromatic heterocycles. The van der Waals surface area contributed by atoms with E-state index in [1.807, 2.05) is 46.0 Å². The molecule has 6 nitrogen and oxygen atoms in total. The third-order valence-electron chi connectivity index (χ3n) is 6.15. The number of carbonyl (C=O) groups is 2. The number of hydrogen-bond donors (Lipinski definition) is 1. The highest BCUT2D eigenvalue weighted by Crippen LogP contribution is 2.28. The van der Waals surface area contributed by atoms with Crippen molar-refractivity contribution >= 4 is 17.5 Å². The van der Waals surface area contributed by atoms with Crippen molar-refractivity contribution < 1.29 is 9.59 Å². The summed E-state index contributed by atoms with van der Waals surface area (Å²) in [4.78, 5) is 26.9. The lowest BCUT2D eigenvalue weighted by atomic mass is 10.1. The van der Waals surface area contributed by atoms with Crippen LogP contribution in [0.5, 0.6) is 0 Å². The molecule has 0 bridgehead atoms. The first-order valence-corrected chi connectivity index (χ1v) is 10.9. The minimum absolute atomic E-state index is 0.182. The van der Waals surface area contributed by atoms with E-state index in [9.17, 15) is 9.59 Å². The molecule has 2 aromatic carbocycles. The summed E-state index contributed by atoms with van der Waals surface area (Å²) < 4.78 is 1.92. The van der Waals surface area contributed by atoms with Crippen LogP contribution in [0.15, 0.2) is 48.5 Å². The fourth-order valence-electron chi connectivity index (χ4n) is 4.55. The third kappa shape index (κ3) is 3.85. The normalized spacial score (nSPS) is 15.4. The molecule has 1 N–H and O–H groups in total. The molecule has 1 aliphatic heterocycles. The number of anilines is 1. The molecule has 1 fully saturated rings. The largest absolute Gasteiger partial charge is 0.338 e. The Hall–Kier alpha value is -3.41. The maximum atomic E-state index is 13.1. The molecule has 0 atom stereocenters. The van der Waals surface area contributed by atoms with Gasteiger partial charge in [0.1, 0.15) is 0 Å². The van der Waals surface area contributed by atoms with Gasteiger partial charge in [0, 0.05) is 36.5 Å². The third-order valence-corrected chi connectivity index (χ3v) is 6.15. The Morgan fingerprint density at radius 1 is 1.06 bits per heavy atom. The standard InChI is InChI=1S/C25H26N4O2/c1-17-10-12-20(13-11-17)29-22-8-3-7-21(22)24(27-29)25(31)26-19-6-2-5-18(15-19)16-28-14-4-9-23(28)30/h2,5-6,10-13,15H,3-4,7-9,14,16H2,1H3,(H,26,31). The van der Waals surface area contributed by atoms with Crippen LogP contribution in [-0.4, -0.2) is 33.0 Å². The quantitative estimate of drug-likeness (QED) is 0.685. The predicted octanol–water partition coefficient (Wildman–Crippen LogP) is 4.04. The van der Waals surface area contributed by atoms with E-state index in [1.165, 1.54) is 5.56 Å². The van der Waals surface area contributed by atoms with Crippen molar-refractivity contribution in [2.45, 2.75) is 45.6 Å². The Labute approximate surface area is 181 Å². The highest BCUT2D eigenvalue weighted by molar-refractivity contribution is 6.04. The molecule has 0 radical (unpaired) electrons. The topological polar surface area (TPSA) is 67.2 Å². The van der Waals surface area contributed by atoms with Gasteiger partial charge in [-0.2, -0.15) is 5.10 Å². The Balaban J connectivity index is 1.38. The van der Waals surface area contributed by atoms with E-state index in [2.05, 4.69) is 24.4 Å². The van der Waals surface area contributed by atoms with Gasteiger partial charge in [0.15, 0.2) is 5.69 Å². The maximum absolute atomic E-state index is 13.1. The highest BCUT2D eigenvalue weighted by atomic mass is 16.2. The molecule has 3 aromatic rings. The number of carbonyl (C=O) groups excluding carboxylic acids is 2. The van der Waals surface area contributed by atoms with E-state index < -0.39 is 0 Å². The minimum atomic E-state index is -0.182. The maximum Gasteiger partial charge on any atom is 0.276 e. The van der Waals surface area contributed by atoms with Gasteiger partial charge < -0.3 is 10.2 Å². The van der Waals surface area contributed by atoms with Gasteiger partial charge in [0.05, 0.1) is 5.69 Å². The molecule has 2 heterocycles. The lowest BCUT2D eigenvalue weighted by Gasteiger charge is -2.16. The summed E-state index contributed by atoms with van der Waals surface area (Å²) >= 11 is 0. The number of likely N-dealkylation sites (tertiary alicyclic amines) is 1. The summed E-state index contributed by atoms with van der Waals surface area (Å²) in [6.45, 7) is 3.45. The molecule has 6 heteroatoms. The molecule has 0 saturated carbocycles. The second-order valence-electron chi connectivity index (χ2n) is 8.45. The molecule has 1 saturated heterocycles. The smallest absolute Gasteiger partial charge is 0.276 e. The Kier molecular flexibility index (Phi) is 5.06. The van der Waals surface area contributed by atoms with Gasteiger partial charge >= 0.3 is 0 Å². The number of hydrogen-bond acceptors (Lipinski definition) is 3. The summed E-state index contributed by atoms with van der Waals surface area (Å²) in [5.41, 5.74) is 6.62. The highest BCUT2D eigenvalue weighted by Gasteiger charge is 2.27. The average Bonchev–Trinajstić information content (AvgIpc) is 3.47. The molecule has 5 rings (SSSR count). The molecule has 158 valence electrons. The van der Waals surface area contributed by atoms with E-state index in [-0.39, 0.29) is 11.8 Å². The summed E-state index contributed by atoms with van der Waals surface area (Å²) in [5, 5.41) is 7.72. The number of aryl methyl sites for hydroxylation is 1. The van der Waals surface area contributed by atoms with Gasteiger partial charge in [-0.3, -0.25) is 9.59 Å². The number of benzene rings is 2. The van der Waals surface area contributed by atoms with Crippen LogP contribution in [0.1, 0.15) is 52.1 Å². The van der Waals surface area contributed by atoms with Crippen LogP contribution in [0.3, 0.4) is 0 Å². The minimum Gasteiger partial charge on any atom is -0.338 e. The molecular formula is C25H26N4O2. The fourth-order valence-corrected chi connectivity index (χ4v) is 4.55. The SMILES string of the molecule is Cc1ccc(-n2nc(C(=O)Nc3cccc(CN4CCCC4=O)c3)c3c2CCC3)cc1. The van der Waals surface area contributed by atoms with Crippen molar-refractivity contribution in [1.82, 2.24) is 14.7 Å². The predicted molar refractivity (Wildman–Crippen MR) is 119 cm³/mol. The summed E-state index contributed by atoms with van der Waals surface area (Å²) in [6, 6.07) is 16.0. The van der Waals surface area contributed by atoms with Gasteiger partial charge in [-0.05, 0) is 62.4 Å². The van der Waals surface area contributed by atoms with Gasteiger partial charge in [0.25, 0.3) is 5.91 Å². The van der Waals surface area contributed by atoms with Crippen LogP contribution in [-0.2, 0) is 24.2 Å². The summed E-state index contributed by atoms with van der Waals surface area (Å²) in [7, 11) is 0. The fraction of sp³-hybridized carbons (Fsp3) is 0.320. The number of rotatable bonds is 5. The van der Waals surface area contributed by atoms with Crippen molar-refractivity contribution in [1.29, 1.82) is 0 Å².